The summed E-state index contributed by atoms with van der Waals surface area (Å²) in [6, 6.07) is -0.620. The molecule has 1 heterocycles. The maximum absolute atomic E-state index is 12.2. The molecular weight excluding hydrogens is 370 g/mol. The van der Waals surface area contributed by atoms with E-state index in [9.17, 15) is 18.0 Å². The second-order valence-corrected chi connectivity index (χ2v) is 8.82. The molecule has 1 fully saturated rings. The van der Waals surface area contributed by atoms with Crippen LogP contribution in [0.2, 0.25) is 0 Å². The standard InChI is InChI=1S/C14H25N3O6S2/c1-5-6-22-12(18)16-9-11(24)7-10(16)8-17(25(15,20)21)13(19)23-14(2,3)4/h5,10-11,24H,1,6-9H2,2-4H3,(H2,15,20,21)/t10-,11-/m0/s1. The summed E-state index contributed by atoms with van der Waals surface area (Å²) in [5, 5.41) is 4.97. The molecule has 0 bridgehead atoms. The number of hydrogen-bond acceptors (Lipinski definition) is 7. The number of rotatable bonds is 5. The summed E-state index contributed by atoms with van der Waals surface area (Å²) in [6.07, 6.45) is 0.0524. The molecule has 144 valence electrons. The SMILES string of the molecule is C=CCOC(=O)N1C[C@@H](S)C[C@H]1CN(C(=O)OC(C)(C)C)S(N)(=O)=O. The fourth-order valence-corrected chi connectivity index (χ4v) is 3.33. The quantitative estimate of drug-likeness (QED) is 0.532. The minimum atomic E-state index is -4.37. The summed E-state index contributed by atoms with van der Waals surface area (Å²) in [4.78, 5) is 25.6. The van der Waals surface area contributed by atoms with Crippen molar-refractivity contribution in [2.45, 2.75) is 44.1 Å². The van der Waals surface area contributed by atoms with Crippen LogP contribution in [0.4, 0.5) is 9.59 Å². The Morgan fingerprint density at radius 3 is 2.52 bits per heavy atom. The number of amides is 2. The van der Waals surface area contributed by atoms with E-state index in [1.165, 1.54) is 11.0 Å². The molecule has 0 saturated carbocycles. The van der Waals surface area contributed by atoms with Crippen molar-refractivity contribution >= 4 is 35.0 Å². The highest BCUT2D eigenvalue weighted by Gasteiger charge is 2.40. The Kier molecular flexibility index (Phi) is 7.15. The summed E-state index contributed by atoms with van der Waals surface area (Å²) in [5.74, 6) is 0. The lowest BCUT2D eigenvalue weighted by Gasteiger charge is -2.30. The third-order valence-corrected chi connectivity index (χ3v) is 4.52. The van der Waals surface area contributed by atoms with E-state index < -0.39 is 34.0 Å². The molecule has 1 saturated heterocycles. The molecule has 2 amide bonds. The lowest BCUT2D eigenvalue weighted by Crippen LogP contribution is -2.50. The van der Waals surface area contributed by atoms with Crippen molar-refractivity contribution in [1.82, 2.24) is 9.21 Å². The van der Waals surface area contributed by atoms with E-state index in [-0.39, 0.29) is 24.9 Å². The van der Waals surface area contributed by atoms with Crippen molar-refractivity contribution in [2.24, 2.45) is 5.14 Å². The largest absolute Gasteiger partial charge is 0.445 e. The molecule has 11 heteroatoms. The number of likely N-dealkylation sites (tertiary alicyclic amines) is 1. The number of hydrogen-bond donors (Lipinski definition) is 2. The Morgan fingerprint density at radius 1 is 1.44 bits per heavy atom. The third kappa shape index (κ3) is 6.75. The highest BCUT2D eigenvalue weighted by Crippen LogP contribution is 2.24. The maximum atomic E-state index is 12.2. The molecule has 0 aromatic carbocycles. The van der Waals surface area contributed by atoms with E-state index in [2.05, 4.69) is 19.2 Å². The molecule has 2 N–H and O–H groups in total. The molecule has 9 nitrogen and oxygen atoms in total. The van der Waals surface area contributed by atoms with Crippen LogP contribution in [0, 0.1) is 0 Å². The minimum absolute atomic E-state index is 0.0181. The summed E-state index contributed by atoms with van der Waals surface area (Å²) in [6.45, 7) is 8.20. The molecule has 2 atom stereocenters. The third-order valence-electron chi connectivity index (χ3n) is 3.23. The number of ether oxygens (including phenoxy) is 2. The van der Waals surface area contributed by atoms with Crippen LogP contribution < -0.4 is 5.14 Å². The molecule has 0 radical (unpaired) electrons. The van der Waals surface area contributed by atoms with Crippen LogP contribution in [-0.2, 0) is 19.7 Å². The van der Waals surface area contributed by atoms with E-state index >= 15 is 0 Å². The summed E-state index contributed by atoms with van der Waals surface area (Å²) >= 11 is 4.33. The van der Waals surface area contributed by atoms with Gasteiger partial charge in [-0.2, -0.15) is 25.4 Å². The van der Waals surface area contributed by atoms with Crippen molar-refractivity contribution < 1.29 is 27.5 Å². The first-order chi connectivity index (χ1) is 11.3. The van der Waals surface area contributed by atoms with Gasteiger partial charge in [0.15, 0.2) is 0 Å². The van der Waals surface area contributed by atoms with Gasteiger partial charge in [-0.25, -0.2) is 14.7 Å². The van der Waals surface area contributed by atoms with Gasteiger partial charge in [0.25, 0.3) is 0 Å². The molecule has 1 aliphatic rings. The molecule has 0 spiro atoms. The summed E-state index contributed by atoms with van der Waals surface area (Å²) < 4.78 is 34.1. The first kappa shape index (κ1) is 21.6. The zero-order valence-corrected chi connectivity index (χ0v) is 16.3. The average molecular weight is 396 g/mol. The summed E-state index contributed by atoms with van der Waals surface area (Å²) in [7, 11) is -4.37. The monoisotopic (exact) mass is 395 g/mol. The van der Waals surface area contributed by atoms with Crippen LogP contribution in [-0.4, -0.2) is 66.4 Å². The van der Waals surface area contributed by atoms with Crippen LogP contribution >= 0.6 is 12.6 Å². The van der Waals surface area contributed by atoms with Crippen LogP contribution in [0.3, 0.4) is 0 Å². The maximum Gasteiger partial charge on any atom is 0.425 e. The van der Waals surface area contributed by atoms with Crippen LogP contribution in [0.15, 0.2) is 12.7 Å². The van der Waals surface area contributed by atoms with Gasteiger partial charge in [0.1, 0.15) is 12.2 Å². The van der Waals surface area contributed by atoms with E-state index in [0.29, 0.717) is 10.7 Å². The van der Waals surface area contributed by atoms with Gasteiger partial charge in [-0.1, -0.05) is 12.7 Å². The lowest BCUT2D eigenvalue weighted by atomic mass is 10.2. The average Bonchev–Trinajstić information content (AvgIpc) is 2.79. The second-order valence-electron chi connectivity index (χ2n) is 6.62. The minimum Gasteiger partial charge on any atom is -0.445 e. The van der Waals surface area contributed by atoms with Crippen molar-refractivity contribution in [1.29, 1.82) is 0 Å². The Balaban J connectivity index is 2.96. The lowest BCUT2D eigenvalue weighted by molar-refractivity contribution is 0.0354. The van der Waals surface area contributed by atoms with Gasteiger partial charge in [0.05, 0.1) is 12.6 Å². The fourth-order valence-electron chi connectivity index (χ4n) is 2.29. The van der Waals surface area contributed by atoms with Crippen molar-refractivity contribution in [2.75, 3.05) is 19.7 Å². The van der Waals surface area contributed by atoms with Gasteiger partial charge in [0.2, 0.25) is 0 Å². The number of carbonyl (C=O) groups excluding carboxylic acids is 2. The highest BCUT2D eigenvalue weighted by molar-refractivity contribution is 7.87. The van der Waals surface area contributed by atoms with Crippen molar-refractivity contribution in [3.63, 3.8) is 0 Å². The first-order valence-corrected chi connectivity index (χ1v) is 9.63. The topological polar surface area (TPSA) is 119 Å². The first-order valence-electron chi connectivity index (χ1n) is 7.61. The molecule has 25 heavy (non-hydrogen) atoms. The Morgan fingerprint density at radius 2 is 2.04 bits per heavy atom. The van der Waals surface area contributed by atoms with Gasteiger partial charge in [-0.05, 0) is 27.2 Å². The Bertz CT molecular complexity index is 617. The van der Waals surface area contributed by atoms with Gasteiger partial charge < -0.3 is 14.4 Å². The molecule has 0 unspecified atom stereocenters. The molecular formula is C14H25N3O6S2. The number of thiol groups is 1. The zero-order chi connectivity index (χ0) is 19.4. The number of nitrogens with two attached hydrogens (primary N) is 1. The molecule has 0 aromatic rings. The zero-order valence-electron chi connectivity index (χ0n) is 14.5. The summed E-state index contributed by atoms with van der Waals surface area (Å²) in [5.41, 5.74) is -0.898. The van der Waals surface area contributed by atoms with Crippen LogP contribution in [0.25, 0.3) is 0 Å². The highest BCUT2D eigenvalue weighted by atomic mass is 32.2. The van der Waals surface area contributed by atoms with Gasteiger partial charge in [-0.3, -0.25) is 0 Å². The number of nitrogens with zero attached hydrogens (tertiary/aromatic N) is 2. The van der Waals surface area contributed by atoms with E-state index in [0.717, 1.165) is 0 Å². The molecule has 0 aromatic heterocycles. The van der Waals surface area contributed by atoms with Gasteiger partial charge >= 0.3 is 22.4 Å². The Labute approximate surface area is 153 Å². The molecule has 0 aliphatic carbocycles. The van der Waals surface area contributed by atoms with Gasteiger partial charge in [0, 0.05) is 11.8 Å². The van der Waals surface area contributed by atoms with E-state index in [1.54, 1.807) is 20.8 Å². The smallest absolute Gasteiger partial charge is 0.425 e. The Hall–Kier alpha value is -1.46. The van der Waals surface area contributed by atoms with Crippen molar-refractivity contribution in [3.8, 4) is 0 Å². The van der Waals surface area contributed by atoms with E-state index in [1.807, 2.05) is 0 Å². The predicted molar refractivity (Wildman–Crippen MR) is 95.5 cm³/mol. The van der Waals surface area contributed by atoms with Crippen molar-refractivity contribution in [3.05, 3.63) is 12.7 Å². The molecule has 1 aliphatic heterocycles. The second kappa shape index (κ2) is 8.28. The van der Waals surface area contributed by atoms with Gasteiger partial charge in [-0.15, -0.1) is 0 Å². The number of carbonyl (C=O) groups is 2. The van der Waals surface area contributed by atoms with E-state index in [4.69, 9.17) is 14.6 Å². The van der Waals surface area contributed by atoms with Crippen LogP contribution in [0.5, 0.6) is 0 Å². The predicted octanol–water partition coefficient (Wildman–Crippen LogP) is 1.12. The normalized spacial score (nSPS) is 20.9. The molecule has 1 rings (SSSR count). The fraction of sp³-hybridized carbons (Fsp3) is 0.714. The van der Waals surface area contributed by atoms with Crippen LogP contribution in [0.1, 0.15) is 27.2 Å².